The van der Waals surface area contributed by atoms with Gasteiger partial charge in [-0.15, -0.1) is 0 Å². The van der Waals surface area contributed by atoms with E-state index in [1.807, 2.05) is 42.3 Å². The van der Waals surface area contributed by atoms with Crippen LogP contribution in [0.4, 0.5) is 5.69 Å². The van der Waals surface area contributed by atoms with Crippen LogP contribution in [0.15, 0.2) is 42.5 Å². The first-order chi connectivity index (χ1) is 8.24. The van der Waals surface area contributed by atoms with Crippen molar-refractivity contribution in [2.45, 2.75) is 0 Å². The van der Waals surface area contributed by atoms with Crippen LogP contribution < -0.4 is 4.90 Å². The lowest BCUT2D eigenvalue weighted by atomic mass is 10.3. The third kappa shape index (κ3) is 4.97. The highest BCUT2D eigenvalue weighted by molar-refractivity contribution is 5.86. The maximum absolute atomic E-state index is 11.0. The summed E-state index contributed by atoms with van der Waals surface area (Å²) in [5.41, 5.74) is 1.06. The maximum atomic E-state index is 11.0. The van der Waals surface area contributed by atoms with Gasteiger partial charge in [-0.1, -0.05) is 18.2 Å². The average Bonchev–Trinajstić information content (AvgIpc) is 2.37. The van der Waals surface area contributed by atoms with Crippen molar-refractivity contribution in [3.8, 4) is 0 Å². The first kappa shape index (κ1) is 13.0. The number of hydrogen-bond acceptors (Lipinski definition) is 4. The summed E-state index contributed by atoms with van der Waals surface area (Å²) in [7, 11) is 1.92. The van der Waals surface area contributed by atoms with Crippen LogP contribution in [-0.2, 0) is 14.3 Å². The Balaban J connectivity index is 2.30. The van der Waals surface area contributed by atoms with Crippen molar-refractivity contribution in [2.75, 3.05) is 25.1 Å². The first-order valence-corrected chi connectivity index (χ1v) is 5.29. The van der Waals surface area contributed by atoms with Crippen LogP contribution in [0.1, 0.15) is 0 Å². The van der Waals surface area contributed by atoms with Crippen molar-refractivity contribution in [3.05, 3.63) is 42.5 Å². The van der Waals surface area contributed by atoms with Crippen LogP contribution in [0.5, 0.6) is 0 Å². The van der Waals surface area contributed by atoms with E-state index in [2.05, 4.69) is 0 Å². The van der Waals surface area contributed by atoms with Gasteiger partial charge < -0.3 is 9.64 Å². The Morgan fingerprint density at radius 1 is 1.35 bits per heavy atom. The predicted octanol–water partition coefficient (Wildman–Crippen LogP) is 1.42. The first-order valence-electron chi connectivity index (χ1n) is 5.29. The van der Waals surface area contributed by atoms with Gasteiger partial charge in [0.15, 0.2) is 0 Å². The number of nitrogens with zero attached hydrogens (tertiary/aromatic N) is 1. The Morgan fingerprint density at radius 2 is 2.06 bits per heavy atom. The Morgan fingerprint density at radius 3 is 2.71 bits per heavy atom. The zero-order valence-corrected chi connectivity index (χ0v) is 9.70. The SMILES string of the molecule is CN(CCOC(=O)/C=C/C=O)c1ccccc1. The topological polar surface area (TPSA) is 46.6 Å². The summed E-state index contributed by atoms with van der Waals surface area (Å²) >= 11 is 0. The van der Waals surface area contributed by atoms with E-state index in [9.17, 15) is 9.59 Å². The Labute approximate surface area is 100 Å². The van der Waals surface area contributed by atoms with E-state index < -0.39 is 5.97 Å². The number of likely N-dealkylation sites (N-methyl/N-ethyl adjacent to an activating group) is 1. The molecular weight excluding hydrogens is 218 g/mol. The van der Waals surface area contributed by atoms with Crippen molar-refractivity contribution >= 4 is 17.9 Å². The smallest absolute Gasteiger partial charge is 0.330 e. The molecule has 0 aliphatic rings. The fourth-order valence-electron chi connectivity index (χ4n) is 1.26. The molecule has 0 saturated carbocycles. The highest BCUT2D eigenvalue weighted by Crippen LogP contribution is 2.09. The molecule has 0 fully saturated rings. The summed E-state index contributed by atoms with van der Waals surface area (Å²) in [5, 5.41) is 0. The molecule has 0 aliphatic heterocycles. The average molecular weight is 233 g/mol. The van der Waals surface area contributed by atoms with Gasteiger partial charge in [0, 0.05) is 18.8 Å². The van der Waals surface area contributed by atoms with Crippen molar-refractivity contribution < 1.29 is 14.3 Å². The molecule has 4 nitrogen and oxygen atoms in total. The summed E-state index contributed by atoms with van der Waals surface area (Å²) in [5.74, 6) is -0.501. The van der Waals surface area contributed by atoms with Gasteiger partial charge in [-0.25, -0.2) is 4.79 Å². The second-order valence-corrected chi connectivity index (χ2v) is 3.42. The minimum Gasteiger partial charge on any atom is -0.461 e. The van der Waals surface area contributed by atoms with E-state index >= 15 is 0 Å². The van der Waals surface area contributed by atoms with Crippen molar-refractivity contribution in [1.29, 1.82) is 0 Å². The summed E-state index contributed by atoms with van der Waals surface area (Å²) in [6, 6.07) is 9.80. The minimum absolute atomic E-state index is 0.285. The van der Waals surface area contributed by atoms with E-state index in [1.165, 1.54) is 0 Å². The second-order valence-electron chi connectivity index (χ2n) is 3.42. The number of allylic oxidation sites excluding steroid dienone is 1. The zero-order chi connectivity index (χ0) is 12.5. The van der Waals surface area contributed by atoms with Crippen LogP contribution in [0.3, 0.4) is 0 Å². The number of benzene rings is 1. The van der Waals surface area contributed by atoms with Gasteiger partial charge in [-0.2, -0.15) is 0 Å². The lowest BCUT2D eigenvalue weighted by Crippen LogP contribution is -2.23. The minimum atomic E-state index is -0.501. The van der Waals surface area contributed by atoms with Crippen molar-refractivity contribution in [1.82, 2.24) is 0 Å². The van der Waals surface area contributed by atoms with E-state index in [0.717, 1.165) is 17.8 Å². The van der Waals surface area contributed by atoms with Crippen LogP contribution in [-0.4, -0.2) is 32.5 Å². The highest BCUT2D eigenvalue weighted by Gasteiger charge is 2.01. The van der Waals surface area contributed by atoms with Gasteiger partial charge >= 0.3 is 5.97 Å². The lowest BCUT2D eigenvalue weighted by molar-refractivity contribution is -0.137. The second kappa shape index (κ2) is 7.22. The Hall–Kier alpha value is -2.10. The molecule has 0 radical (unpaired) electrons. The molecule has 17 heavy (non-hydrogen) atoms. The standard InChI is InChI=1S/C13H15NO3/c1-14(12-6-3-2-4-7-12)9-11-17-13(16)8-5-10-15/h2-8,10H,9,11H2,1H3/b8-5+. The molecular formula is C13H15NO3. The van der Waals surface area contributed by atoms with E-state index in [-0.39, 0.29) is 6.61 Å². The number of ether oxygens (including phenoxy) is 1. The zero-order valence-electron chi connectivity index (χ0n) is 9.70. The molecule has 0 aromatic heterocycles. The van der Waals surface area contributed by atoms with Crippen LogP contribution in [0.2, 0.25) is 0 Å². The lowest BCUT2D eigenvalue weighted by Gasteiger charge is -2.18. The molecule has 1 aromatic rings. The molecule has 0 bridgehead atoms. The number of hydrogen-bond donors (Lipinski definition) is 0. The van der Waals surface area contributed by atoms with Crippen LogP contribution >= 0.6 is 0 Å². The monoisotopic (exact) mass is 233 g/mol. The molecule has 0 spiro atoms. The number of carbonyl (C=O) groups is 2. The molecule has 90 valence electrons. The molecule has 0 atom stereocenters. The number of para-hydroxylation sites is 1. The largest absolute Gasteiger partial charge is 0.461 e. The molecule has 0 saturated heterocycles. The van der Waals surface area contributed by atoms with Gasteiger partial charge in [0.2, 0.25) is 0 Å². The fraction of sp³-hybridized carbons (Fsp3) is 0.231. The van der Waals surface area contributed by atoms with Crippen molar-refractivity contribution in [2.24, 2.45) is 0 Å². The predicted molar refractivity (Wildman–Crippen MR) is 65.9 cm³/mol. The van der Waals surface area contributed by atoms with Gasteiger partial charge in [0.25, 0.3) is 0 Å². The number of anilines is 1. The molecule has 1 aromatic carbocycles. The van der Waals surface area contributed by atoms with Gasteiger partial charge in [-0.05, 0) is 18.2 Å². The quantitative estimate of drug-likeness (QED) is 0.423. The molecule has 0 amide bonds. The summed E-state index contributed by atoms with van der Waals surface area (Å²) < 4.78 is 4.91. The number of rotatable bonds is 6. The number of esters is 1. The molecule has 4 heteroatoms. The number of aldehydes is 1. The Bertz CT molecular complexity index is 387. The van der Waals surface area contributed by atoms with Crippen LogP contribution in [0, 0.1) is 0 Å². The van der Waals surface area contributed by atoms with Gasteiger partial charge in [0.05, 0.1) is 6.54 Å². The fourth-order valence-corrected chi connectivity index (χ4v) is 1.26. The van der Waals surface area contributed by atoms with Gasteiger partial charge in [-0.3, -0.25) is 4.79 Å². The van der Waals surface area contributed by atoms with E-state index in [1.54, 1.807) is 0 Å². The van der Waals surface area contributed by atoms with E-state index in [0.29, 0.717) is 12.8 Å². The Kier molecular flexibility index (Phi) is 5.51. The normalized spacial score (nSPS) is 10.2. The summed E-state index contributed by atoms with van der Waals surface area (Å²) in [4.78, 5) is 23.0. The molecule has 0 aliphatic carbocycles. The van der Waals surface area contributed by atoms with E-state index in [4.69, 9.17) is 4.74 Å². The van der Waals surface area contributed by atoms with Crippen molar-refractivity contribution in [3.63, 3.8) is 0 Å². The third-order valence-electron chi connectivity index (χ3n) is 2.18. The maximum Gasteiger partial charge on any atom is 0.330 e. The van der Waals surface area contributed by atoms with Crippen LogP contribution in [0.25, 0.3) is 0 Å². The number of carbonyl (C=O) groups excluding carboxylic acids is 2. The molecule has 0 unspecified atom stereocenters. The molecule has 0 heterocycles. The third-order valence-corrected chi connectivity index (χ3v) is 2.18. The molecule has 0 N–H and O–H groups in total. The highest BCUT2D eigenvalue weighted by atomic mass is 16.5. The summed E-state index contributed by atoms with van der Waals surface area (Å²) in [6.07, 6.45) is 2.76. The van der Waals surface area contributed by atoms with Gasteiger partial charge in [0.1, 0.15) is 12.9 Å². The molecule has 1 rings (SSSR count). The summed E-state index contributed by atoms with van der Waals surface area (Å²) in [6.45, 7) is 0.887.